The van der Waals surface area contributed by atoms with Crippen LogP contribution in [0.2, 0.25) is 0 Å². The van der Waals surface area contributed by atoms with Gasteiger partial charge < -0.3 is 19.7 Å². The van der Waals surface area contributed by atoms with Gasteiger partial charge >= 0.3 is 12.4 Å². The van der Waals surface area contributed by atoms with E-state index < -0.39 is 23.5 Å². The van der Waals surface area contributed by atoms with Crippen LogP contribution in [0.25, 0.3) is 0 Å². The Morgan fingerprint density at radius 3 is 2.22 bits per heavy atom. The Balaban J connectivity index is 1.69. The number of rotatable bonds is 11. The number of aromatic nitrogens is 3. The van der Waals surface area contributed by atoms with E-state index in [2.05, 4.69) is 15.3 Å². The number of pyridine rings is 1. The molecule has 1 aliphatic heterocycles. The fourth-order valence-corrected chi connectivity index (χ4v) is 4.50. The van der Waals surface area contributed by atoms with Crippen LogP contribution in [0.5, 0.6) is 0 Å². The molecule has 0 saturated carbocycles. The third-order valence-corrected chi connectivity index (χ3v) is 6.57. The van der Waals surface area contributed by atoms with Crippen molar-refractivity contribution in [2.24, 2.45) is 0 Å². The lowest BCUT2D eigenvalue weighted by Gasteiger charge is -2.32. The molecule has 4 rings (SSSR count). The fourth-order valence-electron chi connectivity index (χ4n) is 4.50. The summed E-state index contributed by atoms with van der Waals surface area (Å²) in [5, 5.41) is 3.10. The number of hydrogen-bond donors (Lipinski definition) is 1. The number of ether oxygens (including phenoxy) is 2. The molecule has 0 atom stereocenters. The van der Waals surface area contributed by atoms with Crippen molar-refractivity contribution in [3.05, 3.63) is 70.8 Å². The molecule has 0 fully saturated rings. The van der Waals surface area contributed by atoms with Gasteiger partial charge in [0.05, 0.1) is 43.1 Å². The molecule has 0 radical (unpaired) electrons. The first-order valence-electron chi connectivity index (χ1n) is 12.8. The van der Waals surface area contributed by atoms with E-state index in [1.165, 1.54) is 29.3 Å². The summed E-state index contributed by atoms with van der Waals surface area (Å²) in [5.74, 6) is 0.592. The summed E-state index contributed by atoms with van der Waals surface area (Å²) in [6.45, 7) is 2.54. The van der Waals surface area contributed by atoms with E-state index in [1.807, 2.05) is 4.90 Å². The molecule has 0 amide bonds. The van der Waals surface area contributed by atoms with Crippen LogP contribution in [0, 0.1) is 0 Å². The van der Waals surface area contributed by atoms with Crippen molar-refractivity contribution < 1.29 is 35.8 Å². The average Bonchev–Trinajstić information content (AvgIpc) is 2.93. The van der Waals surface area contributed by atoms with Gasteiger partial charge in [0.15, 0.2) is 0 Å². The first-order chi connectivity index (χ1) is 19.5. The molecule has 1 aliphatic rings. The SMILES string of the molecule is COCCN(CCOC)Cc1nc2c(c(Nc3ccc(C(F)(F)F)cc3)n1)CCN(c1ncccc1C(F)(F)F)C2. The molecule has 0 unspecified atom stereocenters. The van der Waals surface area contributed by atoms with Gasteiger partial charge in [-0.05, 0) is 42.8 Å². The second-order valence-electron chi connectivity index (χ2n) is 9.42. The number of benzene rings is 1. The molecular weight excluding hydrogens is 554 g/mol. The van der Waals surface area contributed by atoms with Crippen LogP contribution in [0.3, 0.4) is 0 Å². The summed E-state index contributed by atoms with van der Waals surface area (Å²) in [6.07, 6.45) is -7.45. The Morgan fingerprint density at radius 2 is 1.61 bits per heavy atom. The van der Waals surface area contributed by atoms with Gasteiger partial charge in [0.2, 0.25) is 0 Å². The van der Waals surface area contributed by atoms with E-state index in [9.17, 15) is 26.3 Å². The molecule has 41 heavy (non-hydrogen) atoms. The number of hydrogen-bond acceptors (Lipinski definition) is 8. The lowest BCUT2D eigenvalue weighted by atomic mass is 10.0. The molecule has 1 N–H and O–H groups in total. The predicted octanol–water partition coefficient (Wildman–Crippen LogP) is 5.31. The minimum atomic E-state index is -4.58. The third kappa shape index (κ3) is 7.83. The first kappa shape index (κ1) is 30.5. The average molecular weight is 585 g/mol. The van der Waals surface area contributed by atoms with Gasteiger partial charge in [-0.2, -0.15) is 26.3 Å². The van der Waals surface area contributed by atoms with Crippen molar-refractivity contribution in [2.45, 2.75) is 31.9 Å². The number of methoxy groups -OCH3 is 2. The maximum Gasteiger partial charge on any atom is 0.419 e. The summed E-state index contributed by atoms with van der Waals surface area (Å²) in [5.41, 5.74) is -0.0624. The molecule has 222 valence electrons. The zero-order valence-electron chi connectivity index (χ0n) is 22.5. The molecule has 14 heteroatoms. The van der Waals surface area contributed by atoms with E-state index >= 15 is 0 Å². The minimum absolute atomic E-state index is 0.0444. The van der Waals surface area contributed by atoms with Crippen molar-refractivity contribution in [3.63, 3.8) is 0 Å². The van der Waals surface area contributed by atoms with Crippen molar-refractivity contribution in [2.75, 3.05) is 57.3 Å². The van der Waals surface area contributed by atoms with Gasteiger partial charge in [-0.1, -0.05) is 0 Å². The van der Waals surface area contributed by atoms with Gasteiger partial charge in [0, 0.05) is 51.3 Å². The highest BCUT2D eigenvalue weighted by atomic mass is 19.4. The number of nitrogens with one attached hydrogen (secondary N) is 1. The van der Waals surface area contributed by atoms with E-state index in [4.69, 9.17) is 14.5 Å². The summed E-state index contributed by atoms with van der Waals surface area (Å²) < 4.78 is 90.7. The second-order valence-corrected chi connectivity index (χ2v) is 9.42. The molecule has 0 spiro atoms. The van der Waals surface area contributed by atoms with Crippen LogP contribution < -0.4 is 10.2 Å². The van der Waals surface area contributed by atoms with Crippen LogP contribution in [-0.4, -0.2) is 66.9 Å². The summed E-state index contributed by atoms with van der Waals surface area (Å²) >= 11 is 0. The zero-order valence-corrected chi connectivity index (χ0v) is 22.5. The van der Waals surface area contributed by atoms with E-state index in [0.717, 1.165) is 18.2 Å². The molecule has 0 saturated heterocycles. The van der Waals surface area contributed by atoms with Crippen LogP contribution >= 0.6 is 0 Å². The molecule has 3 aromatic rings. The molecule has 1 aromatic carbocycles. The molecule has 8 nitrogen and oxygen atoms in total. The van der Waals surface area contributed by atoms with Crippen LogP contribution in [-0.2, 0) is 41.3 Å². The fraction of sp³-hybridized carbons (Fsp3) is 0.444. The lowest BCUT2D eigenvalue weighted by Crippen LogP contribution is -2.35. The van der Waals surface area contributed by atoms with Gasteiger partial charge in [0.1, 0.15) is 17.5 Å². The summed E-state index contributed by atoms with van der Waals surface area (Å²) in [7, 11) is 3.16. The summed E-state index contributed by atoms with van der Waals surface area (Å²) in [4.78, 5) is 16.9. The summed E-state index contributed by atoms with van der Waals surface area (Å²) in [6, 6.07) is 6.78. The van der Waals surface area contributed by atoms with Crippen molar-refractivity contribution in [1.29, 1.82) is 0 Å². The molecular formula is C27H30F6N6O2. The normalized spacial score (nSPS) is 13.9. The number of nitrogens with zero attached hydrogens (tertiary/aromatic N) is 5. The topological polar surface area (TPSA) is 75.6 Å². The Morgan fingerprint density at radius 1 is 0.927 bits per heavy atom. The minimum Gasteiger partial charge on any atom is -0.383 e. The highest BCUT2D eigenvalue weighted by Gasteiger charge is 2.37. The molecule has 3 heterocycles. The Bertz CT molecular complexity index is 1290. The van der Waals surface area contributed by atoms with Gasteiger partial charge in [-0.15, -0.1) is 0 Å². The Hall–Kier alpha value is -3.49. The van der Waals surface area contributed by atoms with E-state index in [-0.39, 0.29) is 18.9 Å². The maximum atomic E-state index is 13.7. The van der Waals surface area contributed by atoms with Crippen molar-refractivity contribution in [3.8, 4) is 0 Å². The Labute approximate surface area is 233 Å². The third-order valence-electron chi connectivity index (χ3n) is 6.57. The monoisotopic (exact) mass is 584 g/mol. The predicted molar refractivity (Wildman–Crippen MR) is 140 cm³/mol. The largest absolute Gasteiger partial charge is 0.419 e. The van der Waals surface area contributed by atoms with Crippen LogP contribution in [0.1, 0.15) is 28.2 Å². The first-order valence-corrected chi connectivity index (χ1v) is 12.8. The standard InChI is InChI=1S/C27H30F6N6O2/c1-40-14-12-38(13-15-41-2)17-23-36-22-16-39(25-21(27(31,32)33)4-3-10-34-25)11-9-20(22)24(37-23)35-19-7-5-18(6-8-19)26(28,29)30/h3-8,10H,9,11-17H2,1-2H3,(H,35,36,37). The van der Waals surface area contributed by atoms with Crippen LogP contribution in [0.15, 0.2) is 42.6 Å². The second kappa shape index (κ2) is 13.0. The van der Waals surface area contributed by atoms with Crippen molar-refractivity contribution >= 4 is 17.3 Å². The lowest BCUT2D eigenvalue weighted by molar-refractivity contribution is -0.138. The molecule has 0 bridgehead atoms. The molecule has 2 aromatic heterocycles. The van der Waals surface area contributed by atoms with Crippen LogP contribution in [0.4, 0.5) is 43.7 Å². The highest BCUT2D eigenvalue weighted by molar-refractivity contribution is 5.62. The van der Waals surface area contributed by atoms with Gasteiger partial charge in [0.25, 0.3) is 0 Å². The quantitative estimate of drug-likeness (QED) is 0.304. The number of anilines is 3. The smallest absolute Gasteiger partial charge is 0.383 e. The maximum absolute atomic E-state index is 13.7. The number of halogens is 6. The Kier molecular flexibility index (Phi) is 9.66. The van der Waals surface area contributed by atoms with E-state index in [0.29, 0.717) is 67.9 Å². The van der Waals surface area contributed by atoms with Crippen molar-refractivity contribution in [1.82, 2.24) is 19.9 Å². The highest BCUT2D eigenvalue weighted by Crippen LogP contribution is 2.37. The number of fused-ring (bicyclic) bond motifs is 1. The molecule has 0 aliphatic carbocycles. The van der Waals surface area contributed by atoms with Gasteiger partial charge in [-0.25, -0.2) is 15.0 Å². The van der Waals surface area contributed by atoms with E-state index in [1.54, 1.807) is 14.2 Å². The zero-order chi connectivity index (χ0) is 29.6. The number of alkyl halides is 6. The van der Waals surface area contributed by atoms with Gasteiger partial charge in [-0.3, -0.25) is 4.90 Å².